The Labute approximate surface area is 164 Å². The predicted molar refractivity (Wildman–Crippen MR) is 109 cm³/mol. The minimum absolute atomic E-state index is 0.0638. The van der Waals surface area contributed by atoms with E-state index in [1.807, 2.05) is 32.0 Å². The Morgan fingerprint density at radius 1 is 1.21 bits per heavy atom. The molecule has 1 amide bonds. The van der Waals surface area contributed by atoms with Crippen molar-refractivity contribution in [3.8, 4) is 17.0 Å². The molecule has 142 valence electrons. The van der Waals surface area contributed by atoms with Crippen LogP contribution in [0.25, 0.3) is 11.3 Å². The predicted octanol–water partition coefficient (Wildman–Crippen LogP) is 3.80. The molecule has 1 N–H and O–H groups in total. The Balaban J connectivity index is 1.50. The number of aromatic nitrogens is 2. The first-order valence-electron chi connectivity index (χ1n) is 9.44. The molecule has 0 fully saturated rings. The van der Waals surface area contributed by atoms with Crippen LogP contribution in [-0.2, 0) is 6.42 Å². The molecule has 0 bridgehead atoms. The Morgan fingerprint density at radius 3 is 2.86 bits per heavy atom. The number of ether oxygens (including phenoxy) is 1. The number of amides is 1. The molecule has 4 rings (SSSR count). The van der Waals surface area contributed by atoms with E-state index >= 15 is 0 Å². The van der Waals surface area contributed by atoms with Crippen LogP contribution in [0, 0.1) is 20.8 Å². The Morgan fingerprint density at radius 2 is 2.07 bits per heavy atom. The van der Waals surface area contributed by atoms with Gasteiger partial charge in [0.1, 0.15) is 11.9 Å². The smallest absolute Gasteiger partial charge is 0.251 e. The summed E-state index contributed by atoms with van der Waals surface area (Å²) in [6.45, 7) is 6.51. The van der Waals surface area contributed by atoms with Crippen LogP contribution in [0.5, 0.6) is 5.75 Å². The topological polar surface area (TPSA) is 64.1 Å². The molecule has 28 heavy (non-hydrogen) atoms. The molecule has 0 saturated carbocycles. The summed E-state index contributed by atoms with van der Waals surface area (Å²) in [6, 6.07) is 9.99. The highest BCUT2D eigenvalue weighted by molar-refractivity contribution is 5.95. The van der Waals surface area contributed by atoms with Crippen LogP contribution >= 0.6 is 0 Å². The van der Waals surface area contributed by atoms with Crippen LogP contribution in [0.1, 0.15) is 32.6 Å². The SMILES string of the molecule is Cc1cc2c(c(-c3cnccn3)c1)O[C@@H](CNC(=O)c1cccc(C)c1C)C2. The highest BCUT2D eigenvalue weighted by atomic mass is 16.5. The molecular formula is C23H23N3O2. The van der Waals surface area contributed by atoms with E-state index in [1.54, 1.807) is 18.6 Å². The number of benzene rings is 2. The lowest BCUT2D eigenvalue weighted by molar-refractivity contribution is 0.0933. The molecule has 0 spiro atoms. The summed E-state index contributed by atoms with van der Waals surface area (Å²) in [4.78, 5) is 21.2. The van der Waals surface area contributed by atoms with Gasteiger partial charge in [0.15, 0.2) is 0 Å². The molecule has 3 aromatic rings. The number of fused-ring (bicyclic) bond motifs is 1. The fourth-order valence-electron chi connectivity index (χ4n) is 3.63. The third-order valence-corrected chi connectivity index (χ3v) is 5.22. The molecule has 0 saturated heterocycles. The average Bonchev–Trinajstić information content (AvgIpc) is 3.11. The lowest BCUT2D eigenvalue weighted by Crippen LogP contribution is -2.34. The average molecular weight is 373 g/mol. The first-order chi connectivity index (χ1) is 13.5. The Kier molecular flexibility index (Phi) is 4.82. The summed E-state index contributed by atoms with van der Waals surface area (Å²) in [5.41, 5.74) is 6.88. The van der Waals surface area contributed by atoms with E-state index < -0.39 is 0 Å². The van der Waals surface area contributed by atoms with Crippen molar-refractivity contribution in [3.05, 3.63) is 76.7 Å². The Hall–Kier alpha value is -3.21. The number of nitrogens with one attached hydrogen (secondary N) is 1. The number of nitrogens with zero attached hydrogens (tertiary/aromatic N) is 2. The molecule has 2 aromatic carbocycles. The molecule has 5 nitrogen and oxygen atoms in total. The monoisotopic (exact) mass is 373 g/mol. The van der Waals surface area contributed by atoms with Gasteiger partial charge in [0, 0.05) is 29.9 Å². The summed E-state index contributed by atoms with van der Waals surface area (Å²) in [5, 5.41) is 3.03. The molecule has 5 heteroatoms. The van der Waals surface area contributed by atoms with Crippen molar-refractivity contribution in [2.24, 2.45) is 0 Å². The fourth-order valence-corrected chi connectivity index (χ4v) is 3.63. The van der Waals surface area contributed by atoms with Gasteiger partial charge in [-0.25, -0.2) is 0 Å². The van der Waals surface area contributed by atoms with E-state index in [-0.39, 0.29) is 12.0 Å². The van der Waals surface area contributed by atoms with Gasteiger partial charge in [-0.3, -0.25) is 14.8 Å². The molecule has 1 aromatic heterocycles. The zero-order valence-corrected chi connectivity index (χ0v) is 16.3. The van der Waals surface area contributed by atoms with Crippen molar-refractivity contribution < 1.29 is 9.53 Å². The maximum atomic E-state index is 12.6. The van der Waals surface area contributed by atoms with Crippen LogP contribution < -0.4 is 10.1 Å². The summed E-state index contributed by atoms with van der Waals surface area (Å²) in [7, 11) is 0. The van der Waals surface area contributed by atoms with E-state index in [4.69, 9.17) is 4.74 Å². The second kappa shape index (κ2) is 7.43. The quantitative estimate of drug-likeness (QED) is 0.755. The van der Waals surface area contributed by atoms with Gasteiger partial charge in [-0.1, -0.05) is 18.2 Å². The van der Waals surface area contributed by atoms with Crippen molar-refractivity contribution >= 4 is 5.91 Å². The van der Waals surface area contributed by atoms with Crippen molar-refractivity contribution in [3.63, 3.8) is 0 Å². The van der Waals surface area contributed by atoms with Gasteiger partial charge in [0.2, 0.25) is 0 Å². The summed E-state index contributed by atoms with van der Waals surface area (Å²) in [6.07, 6.45) is 5.75. The summed E-state index contributed by atoms with van der Waals surface area (Å²) < 4.78 is 6.21. The lowest BCUT2D eigenvalue weighted by atomic mass is 10.0. The number of carbonyl (C=O) groups is 1. The molecule has 1 aliphatic rings. The van der Waals surface area contributed by atoms with E-state index in [1.165, 1.54) is 0 Å². The van der Waals surface area contributed by atoms with Gasteiger partial charge < -0.3 is 10.1 Å². The number of aryl methyl sites for hydroxylation is 2. The largest absolute Gasteiger partial charge is 0.487 e. The highest BCUT2D eigenvalue weighted by Crippen LogP contribution is 2.38. The van der Waals surface area contributed by atoms with Crippen molar-refractivity contribution in [1.29, 1.82) is 0 Å². The minimum Gasteiger partial charge on any atom is -0.487 e. The van der Waals surface area contributed by atoms with Gasteiger partial charge in [-0.15, -0.1) is 0 Å². The number of rotatable bonds is 4. The summed E-state index contributed by atoms with van der Waals surface area (Å²) >= 11 is 0. The van der Waals surface area contributed by atoms with Gasteiger partial charge in [0.05, 0.1) is 18.4 Å². The van der Waals surface area contributed by atoms with Crippen LogP contribution in [-0.4, -0.2) is 28.5 Å². The van der Waals surface area contributed by atoms with Gasteiger partial charge >= 0.3 is 0 Å². The maximum absolute atomic E-state index is 12.6. The number of hydrogen-bond donors (Lipinski definition) is 1. The number of carbonyl (C=O) groups excluding carboxylic acids is 1. The van der Waals surface area contributed by atoms with Crippen molar-refractivity contribution in [2.45, 2.75) is 33.3 Å². The zero-order chi connectivity index (χ0) is 19.7. The van der Waals surface area contributed by atoms with Crippen molar-refractivity contribution in [1.82, 2.24) is 15.3 Å². The Bertz CT molecular complexity index is 1030. The van der Waals surface area contributed by atoms with Gasteiger partial charge in [0.25, 0.3) is 5.91 Å². The van der Waals surface area contributed by atoms with Crippen molar-refractivity contribution in [2.75, 3.05) is 6.54 Å². The zero-order valence-electron chi connectivity index (χ0n) is 16.3. The molecule has 0 unspecified atom stereocenters. The molecule has 1 aliphatic heterocycles. The van der Waals surface area contributed by atoms with Crippen LogP contribution in [0.15, 0.2) is 48.9 Å². The van der Waals surface area contributed by atoms with Gasteiger partial charge in [-0.05, 0) is 55.2 Å². The fraction of sp³-hybridized carbons (Fsp3) is 0.261. The van der Waals surface area contributed by atoms with E-state index in [2.05, 4.69) is 34.3 Å². The molecule has 2 heterocycles. The number of hydrogen-bond acceptors (Lipinski definition) is 4. The molecular weight excluding hydrogens is 350 g/mol. The van der Waals surface area contributed by atoms with E-state index in [0.717, 1.165) is 45.7 Å². The molecule has 1 atom stereocenters. The molecule has 0 radical (unpaired) electrons. The third-order valence-electron chi connectivity index (χ3n) is 5.22. The third kappa shape index (κ3) is 3.48. The maximum Gasteiger partial charge on any atom is 0.251 e. The second-order valence-electron chi connectivity index (χ2n) is 7.29. The highest BCUT2D eigenvalue weighted by Gasteiger charge is 2.27. The van der Waals surface area contributed by atoms with E-state index in [9.17, 15) is 4.79 Å². The first-order valence-corrected chi connectivity index (χ1v) is 9.44. The second-order valence-corrected chi connectivity index (χ2v) is 7.29. The van der Waals surface area contributed by atoms with E-state index in [0.29, 0.717) is 12.1 Å². The molecule has 0 aliphatic carbocycles. The summed E-state index contributed by atoms with van der Waals surface area (Å²) in [5.74, 6) is 0.781. The lowest BCUT2D eigenvalue weighted by Gasteiger charge is -2.14. The standard InChI is InChI=1S/C23H23N3O2/c1-14-9-17-11-18(12-26-23(27)19-6-4-5-15(2)16(19)3)28-22(17)20(10-14)21-13-24-7-8-25-21/h4-10,13,18H,11-12H2,1-3H3,(H,26,27)/t18-/m1/s1. The van der Waals surface area contributed by atoms with Gasteiger partial charge in [-0.2, -0.15) is 0 Å². The first kappa shape index (κ1) is 18.2. The minimum atomic E-state index is -0.0960. The van der Waals surface area contributed by atoms with Crippen LogP contribution in [0.4, 0.5) is 0 Å². The van der Waals surface area contributed by atoms with Crippen LogP contribution in [0.3, 0.4) is 0 Å². The van der Waals surface area contributed by atoms with Crippen LogP contribution in [0.2, 0.25) is 0 Å². The normalized spacial score (nSPS) is 15.0.